The summed E-state index contributed by atoms with van der Waals surface area (Å²) in [5, 5.41) is 5.50. The maximum absolute atomic E-state index is 6.09. The lowest BCUT2D eigenvalue weighted by molar-refractivity contribution is 0.605. The van der Waals surface area contributed by atoms with Crippen LogP contribution in [0.4, 0.5) is 5.69 Å². The first-order valence-electron chi connectivity index (χ1n) is 5.02. The third-order valence-electron chi connectivity index (χ3n) is 2.21. The van der Waals surface area contributed by atoms with E-state index in [9.17, 15) is 0 Å². The predicted molar refractivity (Wildman–Crippen MR) is 79.1 cm³/mol. The van der Waals surface area contributed by atoms with Crippen molar-refractivity contribution in [3.05, 3.63) is 27.2 Å². The van der Waals surface area contributed by atoms with E-state index in [1.807, 2.05) is 0 Å². The van der Waals surface area contributed by atoms with Crippen molar-refractivity contribution < 1.29 is 0 Å². The Morgan fingerprint density at radius 1 is 1.24 bits per heavy atom. The Hall–Kier alpha value is -0.0900. The van der Waals surface area contributed by atoms with Crippen molar-refractivity contribution >= 4 is 57.4 Å². The number of rotatable bonds is 1. The molecule has 6 heteroatoms. The summed E-state index contributed by atoms with van der Waals surface area (Å²) in [5.41, 5.74) is 0.611. The topological polar surface area (TPSA) is 24.4 Å². The van der Waals surface area contributed by atoms with Gasteiger partial charge < -0.3 is 5.32 Å². The molecule has 0 radical (unpaired) electrons. The molecule has 92 valence electrons. The van der Waals surface area contributed by atoms with Crippen molar-refractivity contribution in [3.63, 3.8) is 0 Å². The largest absolute Gasteiger partial charge is 0.333 e. The predicted octanol–water partition coefficient (Wildman–Crippen LogP) is 4.94. The van der Waals surface area contributed by atoms with Crippen molar-refractivity contribution in [1.82, 2.24) is 0 Å². The molecule has 0 aromatic heterocycles. The van der Waals surface area contributed by atoms with Gasteiger partial charge in [0, 0.05) is 10.8 Å². The molecule has 1 aromatic rings. The summed E-state index contributed by atoms with van der Waals surface area (Å²) in [4.78, 5) is 4.54. The van der Waals surface area contributed by atoms with Gasteiger partial charge in [-0.3, -0.25) is 4.99 Å². The van der Waals surface area contributed by atoms with Crippen molar-refractivity contribution in [2.75, 3.05) is 11.1 Å². The Bertz CT molecular complexity index is 463. The van der Waals surface area contributed by atoms with Crippen LogP contribution in [0.1, 0.15) is 13.8 Å². The van der Waals surface area contributed by atoms with E-state index in [2.05, 4.69) is 24.2 Å². The fraction of sp³-hybridized carbons (Fsp3) is 0.364. The van der Waals surface area contributed by atoms with Crippen molar-refractivity contribution in [1.29, 1.82) is 0 Å². The summed E-state index contributed by atoms with van der Waals surface area (Å²) >= 11 is 19.7. The van der Waals surface area contributed by atoms with Crippen molar-refractivity contribution in [2.45, 2.75) is 19.4 Å². The van der Waals surface area contributed by atoms with Crippen LogP contribution in [0.15, 0.2) is 17.1 Å². The Kier molecular flexibility index (Phi) is 3.83. The first-order chi connectivity index (χ1) is 7.87. The number of anilines is 1. The molecule has 2 nitrogen and oxygen atoms in total. The zero-order valence-electron chi connectivity index (χ0n) is 9.35. The molecular weight excluding hydrogens is 299 g/mol. The lowest BCUT2D eigenvalue weighted by Gasteiger charge is -2.11. The summed E-state index contributed by atoms with van der Waals surface area (Å²) in [6, 6.07) is 3.31. The molecule has 1 aromatic carbocycles. The Balaban J connectivity index is 2.26. The van der Waals surface area contributed by atoms with Gasteiger partial charge in [0.1, 0.15) is 0 Å². The van der Waals surface area contributed by atoms with Gasteiger partial charge >= 0.3 is 0 Å². The highest BCUT2D eigenvalue weighted by Gasteiger charge is 2.26. The third kappa shape index (κ3) is 3.22. The zero-order chi connectivity index (χ0) is 12.6. The standard InChI is InChI=1S/C11H11Cl3N2S/c1-11(2)5-17-10(16-11)15-9-7(13)3-6(12)4-8(9)14/h3-4H,5H2,1-2H3,(H,15,16). The number of hydrogen-bond acceptors (Lipinski definition) is 3. The second kappa shape index (κ2) is 4.88. The number of amidine groups is 1. The minimum absolute atomic E-state index is 0.0433. The van der Waals surface area contributed by atoms with Crippen LogP contribution < -0.4 is 5.32 Å². The van der Waals surface area contributed by atoms with E-state index >= 15 is 0 Å². The highest BCUT2D eigenvalue weighted by atomic mass is 35.5. The fourth-order valence-electron chi connectivity index (χ4n) is 1.42. The zero-order valence-corrected chi connectivity index (χ0v) is 12.4. The van der Waals surface area contributed by atoms with Crippen molar-refractivity contribution in [3.8, 4) is 0 Å². The minimum atomic E-state index is -0.0433. The molecule has 1 N–H and O–H groups in total. The summed E-state index contributed by atoms with van der Waals surface area (Å²) in [6.07, 6.45) is 0. The average molecular weight is 310 g/mol. The maximum atomic E-state index is 6.09. The molecule has 0 unspecified atom stereocenters. The van der Waals surface area contributed by atoms with Crippen LogP contribution in [-0.4, -0.2) is 16.5 Å². The molecule has 1 aliphatic rings. The van der Waals surface area contributed by atoms with E-state index in [1.54, 1.807) is 23.9 Å². The molecule has 0 saturated carbocycles. The maximum Gasteiger partial charge on any atom is 0.161 e. The van der Waals surface area contributed by atoms with Gasteiger partial charge in [0.2, 0.25) is 0 Å². The molecule has 1 aliphatic heterocycles. The Morgan fingerprint density at radius 3 is 2.29 bits per heavy atom. The lowest BCUT2D eigenvalue weighted by atomic mass is 10.1. The van der Waals surface area contributed by atoms with Crippen LogP contribution in [-0.2, 0) is 0 Å². The van der Waals surface area contributed by atoms with Crippen LogP contribution in [0.3, 0.4) is 0 Å². The average Bonchev–Trinajstić information content (AvgIpc) is 2.52. The van der Waals surface area contributed by atoms with E-state index in [0.717, 1.165) is 10.9 Å². The lowest BCUT2D eigenvalue weighted by Crippen LogP contribution is -2.15. The number of benzene rings is 1. The van der Waals surface area contributed by atoms with E-state index in [1.165, 1.54) is 0 Å². The van der Waals surface area contributed by atoms with Gasteiger partial charge in [-0.05, 0) is 26.0 Å². The van der Waals surface area contributed by atoms with Crippen molar-refractivity contribution in [2.24, 2.45) is 4.99 Å². The molecule has 0 spiro atoms. The quantitative estimate of drug-likeness (QED) is 0.794. The molecule has 0 saturated heterocycles. The first-order valence-corrected chi connectivity index (χ1v) is 7.13. The van der Waals surface area contributed by atoms with Gasteiger partial charge in [-0.1, -0.05) is 46.6 Å². The molecule has 0 atom stereocenters. The molecule has 1 heterocycles. The molecule has 0 fully saturated rings. The summed E-state index contributed by atoms with van der Waals surface area (Å²) in [6.45, 7) is 4.17. The number of nitrogens with zero attached hydrogens (tertiary/aromatic N) is 1. The van der Waals surface area contributed by atoms with Gasteiger partial charge in [-0.15, -0.1) is 0 Å². The van der Waals surface area contributed by atoms with Crippen LogP contribution in [0.2, 0.25) is 15.1 Å². The van der Waals surface area contributed by atoms with E-state index in [4.69, 9.17) is 34.8 Å². The molecular formula is C11H11Cl3N2S. The number of nitrogens with one attached hydrogen (secondary N) is 1. The molecule has 0 amide bonds. The number of aliphatic imine (C=N–C) groups is 1. The SMILES string of the molecule is CC1(C)CSC(Nc2c(Cl)cc(Cl)cc2Cl)=N1. The van der Waals surface area contributed by atoms with Crippen LogP contribution in [0.25, 0.3) is 0 Å². The Labute approximate surface area is 120 Å². The molecule has 17 heavy (non-hydrogen) atoms. The van der Waals surface area contributed by atoms with E-state index in [0.29, 0.717) is 20.8 Å². The normalized spacial score (nSPS) is 18.1. The van der Waals surface area contributed by atoms with Gasteiger partial charge in [0.05, 0.1) is 21.3 Å². The first kappa shape index (κ1) is 13.3. The summed E-state index contributed by atoms with van der Waals surface area (Å²) in [7, 11) is 0. The molecule has 0 bridgehead atoms. The van der Waals surface area contributed by atoms with E-state index < -0.39 is 0 Å². The molecule has 2 rings (SSSR count). The summed E-state index contributed by atoms with van der Waals surface area (Å²) < 4.78 is 0. The van der Waals surface area contributed by atoms with Gasteiger partial charge in [0.25, 0.3) is 0 Å². The van der Waals surface area contributed by atoms with Crippen LogP contribution >= 0.6 is 46.6 Å². The highest BCUT2D eigenvalue weighted by molar-refractivity contribution is 8.14. The number of halogens is 3. The number of hydrogen-bond donors (Lipinski definition) is 1. The van der Waals surface area contributed by atoms with Crippen LogP contribution in [0, 0.1) is 0 Å². The second-order valence-electron chi connectivity index (χ2n) is 4.39. The van der Waals surface area contributed by atoms with Gasteiger partial charge in [0.15, 0.2) is 5.17 Å². The van der Waals surface area contributed by atoms with Crippen LogP contribution in [0.5, 0.6) is 0 Å². The fourth-order valence-corrected chi connectivity index (χ4v) is 3.37. The molecule has 0 aliphatic carbocycles. The summed E-state index contributed by atoms with van der Waals surface area (Å²) in [5.74, 6) is 0.943. The highest BCUT2D eigenvalue weighted by Crippen LogP contribution is 2.36. The monoisotopic (exact) mass is 308 g/mol. The smallest absolute Gasteiger partial charge is 0.161 e. The van der Waals surface area contributed by atoms with E-state index in [-0.39, 0.29) is 5.54 Å². The Morgan fingerprint density at radius 2 is 1.82 bits per heavy atom. The van der Waals surface area contributed by atoms with Gasteiger partial charge in [-0.2, -0.15) is 0 Å². The second-order valence-corrected chi connectivity index (χ2v) is 6.60. The van der Waals surface area contributed by atoms with Gasteiger partial charge in [-0.25, -0.2) is 0 Å². The third-order valence-corrected chi connectivity index (χ3v) is 4.34. The number of thioether (sulfide) groups is 1. The minimum Gasteiger partial charge on any atom is -0.333 e.